The molecule has 1 aliphatic heterocycles. The molecule has 1 unspecified atom stereocenters. The van der Waals surface area contributed by atoms with E-state index in [2.05, 4.69) is 5.32 Å². The third-order valence-corrected chi connectivity index (χ3v) is 2.85. The fraction of sp³-hybridized carbons (Fsp3) is 0.357. The lowest BCUT2D eigenvalue weighted by Crippen LogP contribution is -2.47. The van der Waals surface area contributed by atoms with Gasteiger partial charge in [0.25, 0.3) is 0 Å². The Labute approximate surface area is 118 Å². The van der Waals surface area contributed by atoms with Crippen molar-refractivity contribution >= 4 is 17.7 Å². The highest BCUT2D eigenvalue weighted by Gasteiger charge is 2.35. The number of nitrogens with one attached hydrogen (secondary N) is 1. The summed E-state index contributed by atoms with van der Waals surface area (Å²) in [5.41, 5.74) is -0.0550. The van der Waals surface area contributed by atoms with Gasteiger partial charge in [0.1, 0.15) is 6.04 Å². The average Bonchev–Trinajstić information content (AvgIpc) is 2.88. The quantitative estimate of drug-likeness (QED) is 0.820. The van der Waals surface area contributed by atoms with Crippen LogP contribution in [0.2, 0.25) is 0 Å². The van der Waals surface area contributed by atoms with Gasteiger partial charge in [-0.2, -0.15) is 0 Å². The standard InChI is InChI=1S/C14H16N2O3/c1-10(16-12(17)7-8-13(16)18)14(19)15-9-11-5-3-2-4-6-11/h2-6,10H,7-9H2,1H3,(H,15,19)/i2D,3D,4D,5D,6D. The monoisotopic (exact) mass is 265 g/mol. The van der Waals surface area contributed by atoms with E-state index in [1.54, 1.807) is 0 Å². The molecule has 0 saturated carbocycles. The van der Waals surface area contributed by atoms with E-state index in [1.807, 2.05) is 0 Å². The Morgan fingerprint density at radius 2 is 1.89 bits per heavy atom. The summed E-state index contributed by atoms with van der Waals surface area (Å²) in [7, 11) is 0. The Balaban J connectivity index is 2.15. The molecule has 0 aliphatic carbocycles. The fourth-order valence-corrected chi connectivity index (χ4v) is 1.83. The molecule has 2 rings (SSSR count). The predicted octanol–water partition coefficient (Wildman–Crippen LogP) is 0.840. The second kappa shape index (κ2) is 5.65. The summed E-state index contributed by atoms with van der Waals surface area (Å²) in [4.78, 5) is 36.3. The average molecular weight is 265 g/mol. The van der Waals surface area contributed by atoms with Gasteiger partial charge < -0.3 is 5.32 Å². The normalized spacial score (nSPS) is 20.3. The third-order valence-electron chi connectivity index (χ3n) is 2.85. The number of hydrogen-bond acceptors (Lipinski definition) is 3. The molecule has 1 N–H and O–H groups in total. The van der Waals surface area contributed by atoms with E-state index in [0.717, 1.165) is 4.90 Å². The third kappa shape index (κ3) is 2.99. The summed E-state index contributed by atoms with van der Waals surface area (Å²) in [6.45, 7) is 1.10. The first kappa shape index (κ1) is 8.09. The Kier molecular flexibility index (Phi) is 2.40. The summed E-state index contributed by atoms with van der Waals surface area (Å²) in [6.07, 6.45) is 0.138. The van der Waals surface area contributed by atoms with Crippen LogP contribution < -0.4 is 5.32 Å². The summed E-state index contributed by atoms with van der Waals surface area (Å²) >= 11 is 0. The van der Waals surface area contributed by atoms with Gasteiger partial charge in [-0.3, -0.25) is 19.3 Å². The zero-order chi connectivity index (χ0) is 18.2. The van der Waals surface area contributed by atoms with E-state index in [4.69, 9.17) is 6.85 Å². The van der Waals surface area contributed by atoms with Gasteiger partial charge >= 0.3 is 0 Å². The molecule has 19 heavy (non-hydrogen) atoms. The zero-order valence-corrected chi connectivity index (χ0v) is 10.4. The first-order valence-corrected chi connectivity index (χ1v) is 5.85. The van der Waals surface area contributed by atoms with Gasteiger partial charge in [0.05, 0.1) is 6.85 Å². The molecule has 1 heterocycles. The molecule has 1 atom stereocenters. The number of benzene rings is 1. The van der Waals surface area contributed by atoms with Crippen LogP contribution in [-0.2, 0) is 20.9 Å². The van der Waals surface area contributed by atoms with Crippen LogP contribution in [0.1, 0.15) is 32.2 Å². The number of imide groups is 1. The maximum absolute atomic E-state index is 12.1. The highest BCUT2D eigenvalue weighted by Crippen LogP contribution is 2.15. The Morgan fingerprint density at radius 1 is 1.32 bits per heavy atom. The summed E-state index contributed by atoms with van der Waals surface area (Å²) in [6, 6.07) is -3.31. The number of nitrogens with zero attached hydrogens (tertiary/aromatic N) is 1. The van der Waals surface area contributed by atoms with E-state index in [0.29, 0.717) is 0 Å². The molecular formula is C14H16N2O3. The molecule has 0 bridgehead atoms. The Bertz CT molecular complexity index is 693. The summed E-state index contributed by atoms with van der Waals surface area (Å²) < 4.78 is 38.2. The van der Waals surface area contributed by atoms with E-state index in [-0.39, 0.29) is 24.9 Å². The molecule has 1 aliphatic rings. The number of amides is 3. The van der Waals surface area contributed by atoms with Crippen LogP contribution >= 0.6 is 0 Å². The lowest BCUT2D eigenvalue weighted by atomic mass is 10.2. The van der Waals surface area contributed by atoms with Gasteiger partial charge in [-0.15, -0.1) is 0 Å². The molecule has 0 radical (unpaired) electrons. The van der Waals surface area contributed by atoms with Crippen molar-refractivity contribution in [2.75, 3.05) is 0 Å². The molecule has 5 nitrogen and oxygen atoms in total. The molecule has 3 amide bonds. The van der Waals surface area contributed by atoms with Crippen molar-refractivity contribution in [1.29, 1.82) is 0 Å². The lowest BCUT2D eigenvalue weighted by molar-refractivity contribution is -0.146. The van der Waals surface area contributed by atoms with Crippen molar-refractivity contribution in [2.24, 2.45) is 0 Å². The number of carbonyl (C=O) groups excluding carboxylic acids is 3. The van der Waals surface area contributed by atoms with Gasteiger partial charge in [0.2, 0.25) is 17.7 Å². The predicted molar refractivity (Wildman–Crippen MR) is 68.8 cm³/mol. The van der Waals surface area contributed by atoms with Crippen molar-refractivity contribution in [2.45, 2.75) is 32.4 Å². The van der Waals surface area contributed by atoms with Crippen LogP contribution in [0, 0.1) is 0 Å². The topological polar surface area (TPSA) is 66.5 Å². The molecule has 100 valence electrons. The largest absolute Gasteiger partial charge is 0.350 e. The lowest BCUT2D eigenvalue weighted by Gasteiger charge is -2.21. The smallest absolute Gasteiger partial charge is 0.243 e. The molecule has 0 aromatic heterocycles. The first-order chi connectivity index (χ1) is 11.2. The van der Waals surface area contributed by atoms with Crippen LogP contribution in [0.3, 0.4) is 0 Å². The van der Waals surface area contributed by atoms with E-state index < -0.39 is 54.0 Å². The van der Waals surface area contributed by atoms with Gasteiger partial charge in [0, 0.05) is 19.4 Å². The Hall–Kier alpha value is -2.17. The van der Waals surface area contributed by atoms with E-state index in [1.165, 1.54) is 6.92 Å². The van der Waals surface area contributed by atoms with Gasteiger partial charge in [-0.1, -0.05) is 30.2 Å². The van der Waals surface area contributed by atoms with Gasteiger partial charge in [0.15, 0.2) is 0 Å². The summed E-state index contributed by atoms with van der Waals surface area (Å²) in [5, 5.41) is 2.42. The van der Waals surface area contributed by atoms with Crippen molar-refractivity contribution in [3.63, 3.8) is 0 Å². The zero-order valence-electron chi connectivity index (χ0n) is 15.4. The van der Waals surface area contributed by atoms with Crippen LogP contribution in [0.25, 0.3) is 0 Å². The number of likely N-dealkylation sites (tertiary alicyclic amines) is 1. The minimum atomic E-state index is -1.02. The van der Waals surface area contributed by atoms with Crippen molar-refractivity contribution in [3.8, 4) is 0 Å². The van der Waals surface area contributed by atoms with Crippen LogP contribution in [-0.4, -0.2) is 28.7 Å². The number of hydrogen-bond donors (Lipinski definition) is 1. The SMILES string of the molecule is [2H]c1c([2H])c([2H])c(CNC(=O)C(C)N2C(=O)CCC2=O)c([2H])c1[2H]. The maximum Gasteiger partial charge on any atom is 0.243 e. The second-order valence-electron chi connectivity index (χ2n) is 4.15. The molecule has 1 saturated heterocycles. The molecule has 1 aromatic rings. The Morgan fingerprint density at radius 3 is 2.47 bits per heavy atom. The number of rotatable bonds is 4. The molecule has 1 fully saturated rings. The number of carbonyl (C=O) groups is 3. The van der Waals surface area contributed by atoms with Crippen molar-refractivity contribution in [1.82, 2.24) is 10.2 Å². The van der Waals surface area contributed by atoms with Crippen LogP contribution in [0.4, 0.5) is 0 Å². The van der Waals surface area contributed by atoms with E-state index in [9.17, 15) is 14.4 Å². The van der Waals surface area contributed by atoms with Crippen LogP contribution in [0.5, 0.6) is 0 Å². The molecule has 5 heteroatoms. The first-order valence-electron chi connectivity index (χ1n) is 8.35. The maximum atomic E-state index is 12.1. The van der Waals surface area contributed by atoms with Gasteiger partial charge in [-0.05, 0) is 12.5 Å². The molecular weight excluding hydrogens is 244 g/mol. The van der Waals surface area contributed by atoms with E-state index >= 15 is 0 Å². The van der Waals surface area contributed by atoms with Crippen LogP contribution in [0.15, 0.2) is 30.2 Å². The summed E-state index contributed by atoms with van der Waals surface area (Å²) in [5.74, 6) is -1.48. The highest BCUT2D eigenvalue weighted by molar-refractivity contribution is 6.05. The van der Waals surface area contributed by atoms with Gasteiger partial charge in [-0.25, -0.2) is 0 Å². The minimum absolute atomic E-state index is 0.0550. The van der Waals surface area contributed by atoms with Crippen molar-refractivity contribution in [3.05, 3.63) is 35.8 Å². The highest BCUT2D eigenvalue weighted by atomic mass is 16.2. The molecule has 0 spiro atoms. The van der Waals surface area contributed by atoms with Crippen molar-refractivity contribution < 1.29 is 21.2 Å². The minimum Gasteiger partial charge on any atom is -0.350 e. The fourth-order valence-electron chi connectivity index (χ4n) is 1.83. The second-order valence-corrected chi connectivity index (χ2v) is 4.15. The molecule has 1 aromatic carbocycles.